The third-order valence-electron chi connectivity index (χ3n) is 11.7. The molecule has 0 fully saturated rings. The number of nitrogens with one attached hydrogen (secondary N) is 8. The lowest BCUT2D eigenvalue weighted by Crippen LogP contribution is -2.60. The average molecular weight is 991 g/mol. The van der Waals surface area contributed by atoms with Gasteiger partial charge in [-0.3, -0.25) is 29.4 Å². The van der Waals surface area contributed by atoms with Crippen LogP contribution in [0, 0.1) is 0 Å². The molecule has 0 saturated carbocycles. The Labute approximate surface area is 421 Å². The molecule has 0 aliphatic heterocycles. The maximum atomic E-state index is 14.8. The Hall–Kier alpha value is -8.81. The summed E-state index contributed by atoms with van der Waals surface area (Å²) in [4.78, 5) is 93.6. The van der Waals surface area contributed by atoms with Gasteiger partial charge in [0.25, 0.3) is 5.91 Å². The highest BCUT2D eigenvalue weighted by atomic mass is 16.5. The Morgan fingerprint density at radius 3 is 1.73 bits per heavy atom. The van der Waals surface area contributed by atoms with Gasteiger partial charge in [-0.05, 0) is 52.9 Å². The molecule has 10 N–H and O–H groups in total. The van der Waals surface area contributed by atoms with Gasteiger partial charge in [-0.2, -0.15) is 0 Å². The standard InChI is InChI=1S/C54H58N10O9/c1-35(49(65)64-55)59-50(66)46(26-40-28-57-44-20-12-11-19-43(40)44)61-53(69)48(33-71-30-37-13-5-2-6-14-37)62-51(67)45(25-36-21-23-42(24-22-36)72-31-38-15-7-3-8-16-38)60-52(68)47(27-41-29-56-34-58-41)63-54(70)73-32-39-17-9-4-10-18-39/h2-24,28-29,34-35,45-48,57H,25-27,30-33,55H2,1H3,(H,56,58)(H,59,66)(H,60,68)(H,61,69)(H,62,67)(H,63,70)(H,64,65)/t35-,45+,46+,47+,48+/m1/s1. The predicted octanol–water partition coefficient (Wildman–Crippen LogP) is 3.96. The van der Waals surface area contributed by atoms with Crippen molar-refractivity contribution >= 4 is 46.5 Å². The molecule has 7 rings (SSSR count). The molecule has 5 atom stereocenters. The van der Waals surface area contributed by atoms with Gasteiger partial charge in [0.15, 0.2) is 0 Å². The number of carbonyl (C=O) groups excluding carboxylic acids is 6. The first-order chi connectivity index (χ1) is 35.5. The van der Waals surface area contributed by atoms with Crippen molar-refractivity contribution in [1.82, 2.24) is 47.0 Å². The fourth-order valence-electron chi connectivity index (χ4n) is 7.74. The van der Waals surface area contributed by atoms with Crippen LogP contribution >= 0.6 is 0 Å². The molecule has 0 aliphatic rings. The maximum Gasteiger partial charge on any atom is 0.408 e. The number of aromatic amines is 2. The Balaban J connectivity index is 1.15. The highest BCUT2D eigenvalue weighted by Crippen LogP contribution is 2.20. The van der Waals surface area contributed by atoms with Crippen molar-refractivity contribution in [1.29, 1.82) is 0 Å². The van der Waals surface area contributed by atoms with Crippen molar-refractivity contribution < 1.29 is 43.0 Å². The van der Waals surface area contributed by atoms with Gasteiger partial charge in [-0.15, -0.1) is 0 Å². The fourth-order valence-corrected chi connectivity index (χ4v) is 7.74. The number of carbonyl (C=O) groups is 6. The summed E-state index contributed by atoms with van der Waals surface area (Å²) < 4.78 is 17.5. The number of rotatable bonds is 25. The molecule has 19 heteroatoms. The number of imidazole rings is 1. The number of nitrogens with two attached hydrogens (primary N) is 1. The topological polar surface area (TPSA) is 273 Å². The lowest BCUT2D eigenvalue weighted by molar-refractivity contribution is -0.135. The van der Waals surface area contributed by atoms with Crippen molar-refractivity contribution in [3.63, 3.8) is 0 Å². The normalized spacial score (nSPS) is 13.0. The van der Waals surface area contributed by atoms with E-state index in [0.29, 0.717) is 29.2 Å². The first-order valence-corrected chi connectivity index (χ1v) is 23.6. The molecule has 19 nitrogen and oxygen atoms in total. The third-order valence-corrected chi connectivity index (χ3v) is 11.7. The van der Waals surface area contributed by atoms with E-state index in [1.54, 1.807) is 54.7 Å². The highest BCUT2D eigenvalue weighted by Gasteiger charge is 2.33. The van der Waals surface area contributed by atoms with E-state index in [1.807, 2.05) is 96.4 Å². The molecule has 0 saturated heterocycles. The number of hydrogen-bond donors (Lipinski definition) is 9. The molecule has 0 radical (unpaired) electrons. The number of ether oxygens (including phenoxy) is 3. The molecule has 6 amide bonds. The minimum atomic E-state index is -1.45. The summed E-state index contributed by atoms with van der Waals surface area (Å²) >= 11 is 0. The monoisotopic (exact) mass is 990 g/mol. The van der Waals surface area contributed by atoms with Gasteiger partial charge >= 0.3 is 6.09 Å². The van der Waals surface area contributed by atoms with E-state index in [2.05, 4.69) is 41.5 Å². The SMILES string of the molecule is C[C@@H](NC(=O)[C@H](Cc1c[nH]c2ccccc12)NC(=O)[C@H](COCc1ccccc1)NC(=O)[C@H](Cc1ccc(OCc2ccccc2)cc1)NC(=O)[C@H](Cc1cnc[nH]1)NC(=O)OCc1ccccc1)C(=O)NN. The van der Waals surface area contributed by atoms with Crippen molar-refractivity contribution in [3.8, 4) is 5.75 Å². The smallest absolute Gasteiger partial charge is 0.408 e. The Morgan fingerprint density at radius 1 is 0.548 bits per heavy atom. The number of nitrogens with zero attached hydrogens (tertiary/aromatic N) is 1. The van der Waals surface area contributed by atoms with Gasteiger partial charge in [0.1, 0.15) is 49.2 Å². The number of amides is 6. The first kappa shape index (κ1) is 52.0. The molecule has 5 aromatic carbocycles. The molecule has 378 valence electrons. The van der Waals surface area contributed by atoms with Crippen molar-refractivity contribution in [2.45, 2.75) is 76.2 Å². The Bertz CT molecular complexity index is 2890. The Kier molecular flexibility index (Phi) is 18.8. The van der Waals surface area contributed by atoms with Crippen molar-refractivity contribution in [2.24, 2.45) is 5.84 Å². The molecule has 2 heterocycles. The van der Waals surface area contributed by atoms with Crippen LogP contribution in [0.2, 0.25) is 0 Å². The van der Waals surface area contributed by atoms with E-state index in [1.165, 1.54) is 19.4 Å². The number of para-hydroxylation sites is 1. The maximum absolute atomic E-state index is 14.8. The zero-order valence-corrected chi connectivity index (χ0v) is 40.0. The summed E-state index contributed by atoms with van der Waals surface area (Å²) in [6, 6.07) is 35.8. The van der Waals surface area contributed by atoms with E-state index in [-0.39, 0.29) is 39.1 Å². The fraction of sp³-hybridized carbons (Fsp3) is 0.241. The van der Waals surface area contributed by atoms with Gasteiger partial charge < -0.3 is 50.8 Å². The highest BCUT2D eigenvalue weighted by molar-refractivity contribution is 5.97. The number of aromatic nitrogens is 3. The van der Waals surface area contributed by atoms with Crippen LogP contribution in [0.25, 0.3) is 10.9 Å². The van der Waals surface area contributed by atoms with Gasteiger partial charge in [-0.25, -0.2) is 15.6 Å². The lowest BCUT2D eigenvalue weighted by Gasteiger charge is -2.27. The molecule has 0 unspecified atom stereocenters. The van der Waals surface area contributed by atoms with Crippen LogP contribution in [-0.4, -0.2) is 87.4 Å². The lowest BCUT2D eigenvalue weighted by atomic mass is 10.0. The first-order valence-electron chi connectivity index (χ1n) is 23.6. The number of fused-ring (bicyclic) bond motifs is 1. The summed E-state index contributed by atoms with van der Waals surface area (Å²) in [7, 11) is 0. The summed E-state index contributed by atoms with van der Waals surface area (Å²) in [5.74, 6) is 2.20. The van der Waals surface area contributed by atoms with Crippen LogP contribution in [-0.2, 0) is 72.5 Å². The number of alkyl carbamates (subject to hydrolysis) is 1. The minimum Gasteiger partial charge on any atom is -0.489 e. The number of hydrogen-bond acceptors (Lipinski definition) is 11. The minimum absolute atomic E-state index is 0.0215. The average Bonchev–Trinajstić information content (AvgIpc) is 4.09. The van der Waals surface area contributed by atoms with Crippen LogP contribution in [0.3, 0.4) is 0 Å². The predicted molar refractivity (Wildman–Crippen MR) is 271 cm³/mol. The molecule has 73 heavy (non-hydrogen) atoms. The second-order valence-corrected chi connectivity index (χ2v) is 17.1. The van der Waals surface area contributed by atoms with Crippen LogP contribution in [0.5, 0.6) is 5.75 Å². The van der Waals surface area contributed by atoms with E-state index in [4.69, 9.17) is 20.1 Å². The third kappa shape index (κ3) is 15.8. The van der Waals surface area contributed by atoms with E-state index >= 15 is 0 Å². The number of benzene rings is 5. The zero-order valence-electron chi connectivity index (χ0n) is 40.0. The van der Waals surface area contributed by atoms with E-state index in [9.17, 15) is 28.8 Å². The van der Waals surface area contributed by atoms with Crippen LogP contribution in [0.4, 0.5) is 4.79 Å². The molecular weight excluding hydrogens is 933 g/mol. The summed E-state index contributed by atoms with van der Waals surface area (Å²) in [6.45, 7) is 1.38. The van der Waals surface area contributed by atoms with Crippen LogP contribution in [0.1, 0.15) is 40.4 Å². The van der Waals surface area contributed by atoms with Crippen molar-refractivity contribution in [3.05, 3.63) is 192 Å². The van der Waals surface area contributed by atoms with Gasteiger partial charge in [0.05, 0.1) is 19.5 Å². The second-order valence-electron chi connectivity index (χ2n) is 17.1. The van der Waals surface area contributed by atoms with Crippen LogP contribution in [0.15, 0.2) is 158 Å². The van der Waals surface area contributed by atoms with Crippen LogP contribution < -0.4 is 42.6 Å². The summed E-state index contributed by atoms with van der Waals surface area (Å²) in [5, 5.41) is 14.4. The largest absolute Gasteiger partial charge is 0.489 e. The van der Waals surface area contributed by atoms with Crippen molar-refractivity contribution in [2.75, 3.05) is 6.61 Å². The summed E-state index contributed by atoms with van der Waals surface area (Å²) in [6.07, 6.45) is 3.61. The Morgan fingerprint density at radius 2 is 1.10 bits per heavy atom. The molecular formula is C54H58N10O9. The molecule has 2 aromatic heterocycles. The quantitative estimate of drug-likeness (QED) is 0.0225. The van der Waals surface area contributed by atoms with Gasteiger partial charge in [0.2, 0.25) is 23.6 Å². The summed E-state index contributed by atoms with van der Waals surface area (Å²) in [5.41, 5.74) is 7.10. The number of H-pyrrole nitrogens is 2. The van der Waals surface area contributed by atoms with E-state index in [0.717, 1.165) is 27.6 Å². The second kappa shape index (κ2) is 26.4. The van der Waals surface area contributed by atoms with Gasteiger partial charge in [0, 0.05) is 48.3 Å². The molecule has 0 spiro atoms. The molecule has 7 aromatic rings. The number of hydrazine groups is 1. The van der Waals surface area contributed by atoms with Gasteiger partial charge in [-0.1, -0.05) is 121 Å². The molecule has 0 aliphatic carbocycles. The molecule has 0 bridgehead atoms. The zero-order chi connectivity index (χ0) is 51.4. The van der Waals surface area contributed by atoms with E-state index < -0.39 is 65.8 Å².